The third kappa shape index (κ3) is 4.80. The van der Waals surface area contributed by atoms with E-state index in [0.29, 0.717) is 40.6 Å². The van der Waals surface area contributed by atoms with E-state index in [1.54, 1.807) is 24.4 Å². The van der Waals surface area contributed by atoms with Gasteiger partial charge >= 0.3 is 0 Å². The average Bonchev–Trinajstić information content (AvgIpc) is 3.40. The van der Waals surface area contributed by atoms with Crippen molar-refractivity contribution in [3.8, 4) is 11.1 Å². The molecule has 1 unspecified atom stereocenters. The second-order valence-electron chi connectivity index (χ2n) is 9.70. The number of aromatic amines is 1. The lowest BCUT2D eigenvalue weighted by Gasteiger charge is -2.22. The number of hydrogen-bond acceptors (Lipinski definition) is 6. The minimum Gasteiger partial charge on any atom is -0.463 e. The lowest BCUT2D eigenvalue weighted by atomic mass is 9.83. The van der Waals surface area contributed by atoms with E-state index in [1.807, 2.05) is 26.8 Å². The molecule has 4 rings (SSSR count). The van der Waals surface area contributed by atoms with Crippen LogP contribution in [0.25, 0.3) is 22.1 Å². The van der Waals surface area contributed by atoms with Crippen LogP contribution in [0.2, 0.25) is 0 Å². The molecule has 2 atom stereocenters. The number of Topliss-reactive ketones (excluding diaryl/α,β-unsaturated/α-hetero) is 1. The molecular formula is C24H29N3O5S. The molecule has 0 bridgehead atoms. The lowest BCUT2D eigenvalue weighted by Crippen LogP contribution is -2.46. The van der Waals surface area contributed by atoms with Gasteiger partial charge in [0.25, 0.3) is 5.56 Å². The number of benzene rings is 1. The van der Waals surface area contributed by atoms with E-state index in [1.165, 1.54) is 6.26 Å². The standard InChI is InChI=1S/C24H29N3O5S/c1-24(2,3)19-11-15(16-6-5-8-26-23(16)29)10-17-18(13-32-22(17)19)21(28)20(27-33(4,30)31)14-7-9-25-12-14/h5-6,8,10-11,13-14,20,25,27H,7,9,12H2,1-4H3,(H,26,29)/t14?,20-/m1/s1. The number of hydrogen-bond donors (Lipinski definition) is 3. The van der Waals surface area contributed by atoms with Crippen molar-refractivity contribution in [2.45, 2.75) is 38.6 Å². The Hall–Kier alpha value is -2.75. The number of rotatable bonds is 6. The van der Waals surface area contributed by atoms with Crippen LogP contribution in [0.15, 0.2) is 45.9 Å². The van der Waals surface area contributed by atoms with Crippen molar-refractivity contribution >= 4 is 26.8 Å². The first-order valence-corrected chi connectivity index (χ1v) is 12.8. The zero-order valence-corrected chi connectivity index (χ0v) is 20.0. The fourth-order valence-electron chi connectivity index (χ4n) is 4.41. The Kier molecular flexibility index (Phi) is 6.07. The lowest BCUT2D eigenvalue weighted by molar-refractivity contribution is 0.0927. The monoisotopic (exact) mass is 471 g/mol. The zero-order chi connectivity index (χ0) is 24.0. The molecule has 0 spiro atoms. The van der Waals surface area contributed by atoms with Crippen molar-refractivity contribution in [3.63, 3.8) is 0 Å². The molecule has 8 nitrogen and oxygen atoms in total. The molecule has 1 aromatic carbocycles. The summed E-state index contributed by atoms with van der Waals surface area (Å²) in [5.74, 6) is -0.508. The van der Waals surface area contributed by atoms with Crippen LogP contribution in [0.4, 0.5) is 0 Å². The van der Waals surface area contributed by atoms with Crippen LogP contribution < -0.4 is 15.6 Å². The highest BCUT2D eigenvalue weighted by Gasteiger charge is 2.35. The van der Waals surface area contributed by atoms with Gasteiger partial charge in [-0.05, 0) is 60.7 Å². The molecule has 33 heavy (non-hydrogen) atoms. The highest BCUT2D eigenvalue weighted by Crippen LogP contribution is 2.37. The molecule has 1 saturated heterocycles. The smallest absolute Gasteiger partial charge is 0.255 e. The summed E-state index contributed by atoms with van der Waals surface area (Å²) in [6.07, 6.45) is 4.72. The fourth-order valence-corrected chi connectivity index (χ4v) is 5.17. The summed E-state index contributed by atoms with van der Waals surface area (Å²) in [5, 5.41) is 3.76. The van der Waals surface area contributed by atoms with Crippen LogP contribution in [-0.2, 0) is 15.4 Å². The van der Waals surface area contributed by atoms with Crippen LogP contribution in [-0.4, -0.2) is 44.6 Å². The van der Waals surface area contributed by atoms with Crippen LogP contribution >= 0.6 is 0 Å². The molecule has 3 N–H and O–H groups in total. The van der Waals surface area contributed by atoms with Gasteiger partial charge in [0.15, 0.2) is 5.78 Å². The molecule has 2 aromatic heterocycles. The molecule has 9 heteroatoms. The molecule has 1 fully saturated rings. The van der Waals surface area contributed by atoms with Crippen molar-refractivity contribution in [2.75, 3.05) is 19.3 Å². The highest BCUT2D eigenvalue weighted by molar-refractivity contribution is 7.88. The van der Waals surface area contributed by atoms with Gasteiger partial charge in [0.05, 0.1) is 17.9 Å². The molecule has 0 radical (unpaired) electrons. The summed E-state index contributed by atoms with van der Waals surface area (Å²) in [6, 6.07) is 6.26. The quantitative estimate of drug-likeness (QED) is 0.476. The first-order valence-electron chi connectivity index (χ1n) is 10.9. The molecule has 176 valence electrons. The highest BCUT2D eigenvalue weighted by atomic mass is 32.2. The number of furan rings is 1. The van der Waals surface area contributed by atoms with E-state index in [-0.39, 0.29) is 22.7 Å². The van der Waals surface area contributed by atoms with Crippen molar-refractivity contribution in [3.05, 3.63) is 58.2 Å². The number of nitrogens with one attached hydrogen (secondary N) is 3. The minimum atomic E-state index is -3.61. The molecule has 0 aliphatic carbocycles. The zero-order valence-electron chi connectivity index (χ0n) is 19.2. The Morgan fingerprint density at radius 2 is 2.03 bits per heavy atom. The third-order valence-corrected chi connectivity index (χ3v) is 6.75. The van der Waals surface area contributed by atoms with E-state index in [2.05, 4.69) is 15.0 Å². The van der Waals surface area contributed by atoms with Crippen LogP contribution in [0.5, 0.6) is 0 Å². The summed E-state index contributed by atoms with van der Waals surface area (Å²) in [4.78, 5) is 28.8. The van der Waals surface area contributed by atoms with Gasteiger partial charge in [-0.15, -0.1) is 0 Å². The minimum absolute atomic E-state index is 0.167. The molecule has 1 aliphatic rings. The maximum absolute atomic E-state index is 13.7. The summed E-state index contributed by atoms with van der Waals surface area (Å²) < 4.78 is 32.5. The number of pyridine rings is 1. The maximum atomic E-state index is 13.7. The van der Waals surface area contributed by atoms with Crippen molar-refractivity contribution in [2.24, 2.45) is 5.92 Å². The molecule has 0 amide bonds. The Bertz CT molecular complexity index is 1360. The third-order valence-electron chi connectivity index (χ3n) is 6.07. The van der Waals surface area contributed by atoms with E-state index >= 15 is 0 Å². The van der Waals surface area contributed by atoms with E-state index in [9.17, 15) is 18.0 Å². The van der Waals surface area contributed by atoms with Crippen molar-refractivity contribution in [1.82, 2.24) is 15.0 Å². The average molecular weight is 472 g/mol. The van der Waals surface area contributed by atoms with Gasteiger partial charge in [-0.25, -0.2) is 13.1 Å². The molecule has 1 aliphatic heterocycles. The predicted molar refractivity (Wildman–Crippen MR) is 128 cm³/mol. The van der Waals surface area contributed by atoms with Gasteiger partial charge < -0.3 is 14.7 Å². The van der Waals surface area contributed by atoms with E-state index in [4.69, 9.17) is 4.42 Å². The Labute approximate surface area is 192 Å². The van der Waals surface area contributed by atoms with Gasteiger partial charge in [0, 0.05) is 22.7 Å². The van der Waals surface area contributed by atoms with E-state index < -0.39 is 16.1 Å². The van der Waals surface area contributed by atoms with E-state index in [0.717, 1.165) is 18.4 Å². The maximum Gasteiger partial charge on any atom is 0.255 e. The molecule has 3 heterocycles. The fraction of sp³-hybridized carbons (Fsp3) is 0.417. The first kappa shape index (κ1) is 23.4. The molecule has 0 saturated carbocycles. The van der Waals surface area contributed by atoms with Crippen LogP contribution in [0.1, 0.15) is 43.1 Å². The number of sulfonamides is 1. The van der Waals surface area contributed by atoms with Gasteiger partial charge in [0.1, 0.15) is 11.8 Å². The Morgan fingerprint density at radius 3 is 2.64 bits per heavy atom. The second-order valence-corrected chi connectivity index (χ2v) is 11.5. The number of carbonyl (C=O) groups excluding carboxylic acids is 1. The summed E-state index contributed by atoms with van der Waals surface area (Å²) in [7, 11) is -3.61. The Morgan fingerprint density at radius 1 is 1.27 bits per heavy atom. The largest absolute Gasteiger partial charge is 0.463 e. The number of aromatic nitrogens is 1. The van der Waals surface area contributed by atoms with Gasteiger partial charge in [-0.3, -0.25) is 9.59 Å². The van der Waals surface area contributed by atoms with Crippen LogP contribution in [0, 0.1) is 5.92 Å². The summed E-state index contributed by atoms with van der Waals surface area (Å²) >= 11 is 0. The Balaban J connectivity index is 1.91. The normalized spacial score (nSPS) is 18.0. The first-order chi connectivity index (χ1) is 15.5. The van der Waals surface area contributed by atoms with Gasteiger partial charge in [-0.2, -0.15) is 0 Å². The van der Waals surface area contributed by atoms with Gasteiger partial charge in [0.2, 0.25) is 10.0 Å². The molecular weight excluding hydrogens is 442 g/mol. The number of fused-ring (bicyclic) bond motifs is 1. The van der Waals surface area contributed by atoms with Crippen LogP contribution in [0.3, 0.4) is 0 Å². The summed E-state index contributed by atoms with van der Waals surface area (Å²) in [6.45, 7) is 7.36. The SMILES string of the molecule is CC(C)(C)c1cc(-c2ccc[nH]c2=O)cc2c(C(=O)[C@H](NS(C)(=O)=O)C3CCNC3)coc12. The van der Waals surface area contributed by atoms with Crippen molar-refractivity contribution < 1.29 is 17.6 Å². The van der Waals surface area contributed by atoms with Gasteiger partial charge in [-0.1, -0.05) is 20.8 Å². The topological polar surface area (TPSA) is 121 Å². The predicted octanol–water partition coefficient (Wildman–Crippen LogP) is 2.80. The number of H-pyrrole nitrogens is 1. The summed E-state index contributed by atoms with van der Waals surface area (Å²) in [5.41, 5.74) is 2.31. The second kappa shape index (κ2) is 8.55. The number of carbonyl (C=O) groups is 1. The number of ketones is 1. The molecule has 3 aromatic rings. The van der Waals surface area contributed by atoms with Crippen molar-refractivity contribution in [1.29, 1.82) is 0 Å².